The summed E-state index contributed by atoms with van der Waals surface area (Å²) in [4.78, 5) is 12.4. The van der Waals surface area contributed by atoms with Crippen molar-refractivity contribution in [1.29, 1.82) is 0 Å². The molecule has 0 bridgehead atoms. The highest BCUT2D eigenvalue weighted by molar-refractivity contribution is 5.56. The summed E-state index contributed by atoms with van der Waals surface area (Å²) >= 11 is 0. The minimum Gasteiger partial charge on any atom is -0.348 e. The van der Waals surface area contributed by atoms with Crippen molar-refractivity contribution >= 4 is 5.52 Å². The fraction of sp³-hybridized carbons (Fsp3) is 0.286. The molecule has 0 spiro atoms. The van der Waals surface area contributed by atoms with E-state index in [-0.39, 0.29) is 6.04 Å². The molecule has 4 heterocycles. The monoisotopic (exact) mass is 253 g/mol. The molecule has 4 rings (SSSR count). The van der Waals surface area contributed by atoms with Gasteiger partial charge in [0.15, 0.2) is 0 Å². The Balaban J connectivity index is 1.93. The Labute approximate surface area is 110 Å². The molecule has 1 aliphatic heterocycles. The van der Waals surface area contributed by atoms with Crippen molar-refractivity contribution in [2.75, 3.05) is 6.54 Å². The number of fused-ring (bicyclic) bond motifs is 2. The second-order valence-corrected chi connectivity index (χ2v) is 4.90. The quantitative estimate of drug-likeness (QED) is 0.692. The molecular formula is C14H15N5. The third-order valence-corrected chi connectivity index (χ3v) is 3.78. The summed E-state index contributed by atoms with van der Waals surface area (Å²) in [5, 5.41) is 3.52. The zero-order chi connectivity index (χ0) is 12.8. The van der Waals surface area contributed by atoms with Crippen LogP contribution < -0.4 is 5.32 Å². The Hall–Kier alpha value is -2.14. The van der Waals surface area contributed by atoms with Gasteiger partial charge in [-0.2, -0.15) is 0 Å². The van der Waals surface area contributed by atoms with E-state index >= 15 is 0 Å². The molecule has 0 saturated carbocycles. The second-order valence-electron chi connectivity index (χ2n) is 4.90. The molecular weight excluding hydrogens is 238 g/mol. The number of aromatic amines is 1. The van der Waals surface area contributed by atoms with Gasteiger partial charge in [0, 0.05) is 24.9 Å². The number of hydrogen-bond donors (Lipinski definition) is 2. The lowest BCUT2D eigenvalue weighted by atomic mass is 10.0. The third kappa shape index (κ3) is 1.51. The first kappa shape index (κ1) is 10.8. The third-order valence-electron chi connectivity index (χ3n) is 3.78. The van der Waals surface area contributed by atoms with Crippen molar-refractivity contribution in [3.63, 3.8) is 0 Å². The number of aromatic nitrogens is 4. The van der Waals surface area contributed by atoms with Crippen LogP contribution in [0.15, 0.2) is 30.7 Å². The maximum absolute atomic E-state index is 4.74. The van der Waals surface area contributed by atoms with Gasteiger partial charge in [0.25, 0.3) is 0 Å². The summed E-state index contributed by atoms with van der Waals surface area (Å²) in [6, 6.07) is 6.27. The summed E-state index contributed by atoms with van der Waals surface area (Å²) in [7, 11) is 0. The Morgan fingerprint density at radius 3 is 3.21 bits per heavy atom. The number of nitrogens with zero attached hydrogens (tertiary/aromatic N) is 3. The summed E-state index contributed by atoms with van der Waals surface area (Å²) in [5.41, 5.74) is 4.51. The number of aryl methyl sites for hydroxylation is 1. The summed E-state index contributed by atoms with van der Waals surface area (Å²) < 4.78 is 2.12. The molecule has 1 aliphatic rings. The number of H-pyrrole nitrogens is 1. The number of nitrogens with one attached hydrogen (secondary N) is 2. The van der Waals surface area contributed by atoms with Gasteiger partial charge in [0.1, 0.15) is 5.82 Å². The first-order valence-electron chi connectivity index (χ1n) is 6.53. The fourth-order valence-corrected chi connectivity index (χ4v) is 2.88. The molecule has 0 fully saturated rings. The first-order chi connectivity index (χ1) is 9.34. The molecule has 5 nitrogen and oxygen atoms in total. The Morgan fingerprint density at radius 1 is 1.32 bits per heavy atom. The Kier molecular flexibility index (Phi) is 2.22. The molecule has 5 heteroatoms. The molecule has 0 saturated heterocycles. The largest absolute Gasteiger partial charge is 0.348 e. The van der Waals surface area contributed by atoms with Crippen molar-refractivity contribution in [3.8, 4) is 0 Å². The van der Waals surface area contributed by atoms with Gasteiger partial charge >= 0.3 is 0 Å². The molecule has 2 N–H and O–H groups in total. The van der Waals surface area contributed by atoms with Gasteiger partial charge in [-0.25, -0.2) is 9.97 Å². The molecule has 0 amide bonds. The second kappa shape index (κ2) is 3.93. The first-order valence-corrected chi connectivity index (χ1v) is 6.53. The maximum Gasteiger partial charge on any atom is 0.110 e. The van der Waals surface area contributed by atoms with E-state index in [9.17, 15) is 0 Å². The van der Waals surface area contributed by atoms with Gasteiger partial charge in [0.05, 0.1) is 29.3 Å². The predicted molar refractivity (Wildman–Crippen MR) is 72.1 cm³/mol. The molecule has 0 unspecified atom stereocenters. The zero-order valence-electron chi connectivity index (χ0n) is 10.7. The van der Waals surface area contributed by atoms with Crippen molar-refractivity contribution < 1.29 is 0 Å². The number of imidazole rings is 2. The highest BCUT2D eigenvalue weighted by Gasteiger charge is 2.27. The van der Waals surface area contributed by atoms with Crippen LogP contribution in [0.2, 0.25) is 0 Å². The maximum atomic E-state index is 4.74. The standard InChI is InChI=1S/C14H15N5/c1-9-18-13(11-4-2-3-7-19(9)11)14-12-10(5-6-15-14)16-8-17-12/h2-4,7-8,14-15H,5-6H2,1H3,(H,16,17)/t14-/m1/s1. The van der Waals surface area contributed by atoms with Crippen LogP contribution in [0.5, 0.6) is 0 Å². The molecule has 0 aliphatic carbocycles. The van der Waals surface area contributed by atoms with Crippen LogP contribution in [-0.2, 0) is 6.42 Å². The topological polar surface area (TPSA) is 58.0 Å². The normalized spacial score (nSPS) is 18.7. The molecule has 96 valence electrons. The van der Waals surface area contributed by atoms with Crippen LogP contribution in [0.4, 0.5) is 0 Å². The summed E-state index contributed by atoms with van der Waals surface area (Å²) in [5.74, 6) is 1.01. The minimum atomic E-state index is 0.0844. The van der Waals surface area contributed by atoms with Gasteiger partial charge in [-0.3, -0.25) is 0 Å². The van der Waals surface area contributed by atoms with E-state index in [2.05, 4.69) is 31.9 Å². The molecule has 0 radical (unpaired) electrons. The minimum absolute atomic E-state index is 0.0844. The van der Waals surface area contributed by atoms with E-state index in [4.69, 9.17) is 4.98 Å². The Bertz CT molecular complexity index is 739. The molecule has 19 heavy (non-hydrogen) atoms. The summed E-state index contributed by atoms with van der Waals surface area (Å²) in [6.45, 7) is 2.98. The van der Waals surface area contributed by atoms with Crippen LogP contribution in [-0.4, -0.2) is 25.9 Å². The molecule has 3 aromatic heterocycles. The van der Waals surface area contributed by atoms with E-state index in [1.165, 1.54) is 5.69 Å². The van der Waals surface area contributed by atoms with Crippen molar-refractivity contribution in [2.45, 2.75) is 19.4 Å². The smallest absolute Gasteiger partial charge is 0.110 e. The van der Waals surface area contributed by atoms with Crippen LogP contribution in [0.25, 0.3) is 5.52 Å². The average molecular weight is 253 g/mol. The van der Waals surface area contributed by atoms with Gasteiger partial charge in [-0.1, -0.05) is 6.07 Å². The lowest BCUT2D eigenvalue weighted by Gasteiger charge is -2.21. The molecule has 0 aromatic carbocycles. The van der Waals surface area contributed by atoms with Crippen LogP contribution >= 0.6 is 0 Å². The lowest BCUT2D eigenvalue weighted by molar-refractivity contribution is 0.547. The van der Waals surface area contributed by atoms with E-state index in [0.717, 1.165) is 35.7 Å². The van der Waals surface area contributed by atoms with E-state index < -0.39 is 0 Å². The summed E-state index contributed by atoms with van der Waals surface area (Å²) in [6.07, 6.45) is 4.82. The van der Waals surface area contributed by atoms with Crippen molar-refractivity contribution in [2.24, 2.45) is 0 Å². The SMILES string of the molecule is Cc1nc([C@@H]2NCCc3[nH]cnc32)c2ccccn12. The Morgan fingerprint density at radius 2 is 2.26 bits per heavy atom. The van der Waals surface area contributed by atoms with Crippen molar-refractivity contribution in [1.82, 2.24) is 24.7 Å². The highest BCUT2D eigenvalue weighted by Crippen LogP contribution is 2.28. The van der Waals surface area contributed by atoms with Gasteiger partial charge in [0.2, 0.25) is 0 Å². The average Bonchev–Trinajstić information content (AvgIpc) is 3.04. The number of pyridine rings is 1. The van der Waals surface area contributed by atoms with E-state index in [1.54, 1.807) is 6.33 Å². The fourth-order valence-electron chi connectivity index (χ4n) is 2.88. The van der Waals surface area contributed by atoms with Crippen molar-refractivity contribution in [3.05, 3.63) is 53.6 Å². The highest BCUT2D eigenvalue weighted by atomic mass is 15.1. The van der Waals surface area contributed by atoms with Crippen LogP contribution in [0.1, 0.15) is 28.9 Å². The van der Waals surface area contributed by atoms with Crippen LogP contribution in [0, 0.1) is 6.92 Å². The predicted octanol–water partition coefficient (Wildman–Crippen LogP) is 1.60. The molecule has 1 atom stereocenters. The lowest BCUT2D eigenvalue weighted by Crippen LogP contribution is -2.31. The number of hydrogen-bond acceptors (Lipinski definition) is 3. The van der Waals surface area contributed by atoms with E-state index in [0.29, 0.717) is 0 Å². The van der Waals surface area contributed by atoms with Gasteiger partial charge in [-0.15, -0.1) is 0 Å². The van der Waals surface area contributed by atoms with Gasteiger partial charge < -0.3 is 14.7 Å². The molecule has 3 aromatic rings. The van der Waals surface area contributed by atoms with Gasteiger partial charge in [-0.05, 0) is 19.1 Å². The zero-order valence-corrected chi connectivity index (χ0v) is 10.7. The number of rotatable bonds is 1. The van der Waals surface area contributed by atoms with E-state index in [1.807, 2.05) is 19.1 Å². The van der Waals surface area contributed by atoms with Crippen LogP contribution in [0.3, 0.4) is 0 Å².